The second kappa shape index (κ2) is 6.81. The van der Waals surface area contributed by atoms with E-state index in [1.54, 1.807) is 24.3 Å². The van der Waals surface area contributed by atoms with Gasteiger partial charge in [0.25, 0.3) is 5.91 Å². The van der Waals surface area contributed by atoms with E-state index < -0.39 is 0 Å². The van der Waals surface area contributed by atoms with Crippen molar-refractivity contribution in [1.29, 1.82) is 5.26 Å². The number of hydrogen-bond acceptors (Lipinski definition) is 4. The van der Waals surface area contributed by atoms with Crippen molar-refractivity contribution in [3.8, 4) is 6.07 Å². The fraction of sp³-hybridized carbons (Fsp3) is 0.316. The summed E-state index contributed by atoms with van der Waals surface area (Å²) in [5.41, 5.74) is 4.87. The topological polar surface area (TPSA) is 60.2 Å². The molecule has 2 aromatic rings. The molecular formula is C19H20N4O. The Morgan fingerprint density at radius 3 is 2.71 bits per heavy atom. The Morgan fingerprint density at radius 2 is 2.04 bits per heavy atom. The van der Waals surface area contributed by atoms with Crippen LogP contribution in [0.15, 0.2) is 36.7 Å². The summed E-state index contributed by atoms with van der Waals surface area (Å²) in [5, 5.41) is 8.86. The second-order valence-corrected chi connectivity index (χ2v) is 6.34. The maximum atomic E-state index is 12.7. The molecule has 1 aliphatic heterocycles. The highest BCUT2D eigenvalue weighted by Crippen LogP contribution is 2.23. The zero-order chi connectivity index (χ0) is 17.1. The van der Waals surface area contributed by atoms with Gasteiger partial charge in [0.05, 0.1) is 11.6 Å². The van der Waals surface area contributed by atoms with Gasteiger partial charge in [-0.15, -0.1) is 0 Å². The molecule has 1 aromatic carbocycles. The predicted octanol–water partition coefficient (Wildman–Crippen LogP) is 2.21. The molecule has 1 amide bonds. The first kappa shape index (κ1) is 16.2. The van der Waals surface area contributed by atoms with E-state index in [0.29, 0.717) is 24.2 Å². The van der Waals surface area contributed by atoms with Crippen LogP contribution in [0, 0.1) is 11.3 Å². The number of aromatic nitrogens is 1. The van der Waals surface area contributed by atoms with E-state index in [-0.39, 0.29) is 5.91 Å². The van der Waals surface area contributed by atoms with Gasteiger partial charge in [-0.1, -0.05) is 0 Å². The van der Waals surface area contributed by atoms with Crippen LogP contribution in [-0.2, 0) is 19.5 Å². The molecule has 0 atom stereocenters. The van der Waals surface area contributed by atoms with Crippen molar-refractivity contribution in [2.75, 3.05) is 20.6 Å². The van der Waals surface area contributed by atoms with Crippen LogP contribution in [0.25, 0.3) is 0 Å². The second-order valence-electron chi connectivity index (χ2n) is 6.34. The van der Waals surface area contributed by atoms with Gasteiger partial charge in [0, 0.05) is 37.6 Å². The van der Waals surface area contributed by atoms with Crippen molar-refractivity contribution < 1.29 is 4.79 Å². The average molecular weight is 320 g/mol. The highest BCUT2D eigenvalue weighted by atomic mass is 16.2. The van der Waals surface area contributed by atoms with Crippen molar-refractivity contribution in [3.63, 3.8) is 0 Å². The molecule has 0 saturated heterocycles. The smallest absolute Gasteiger partial charge is 0.254 e. The highest BCUT2D eigenvalue weighted by Gasteiger charge is 2.23. The minimum atomic E-state index is 0.00292. The number of hydrogen-bond donors (Lipinski definition) is 0. The zero-order valence-corrected chi connectivity index (χ0v) is 14.0. The van der Waals surface area contributed by atoms with E-state index in [1.165, 1.54) is 11.1 Å². The molecule has 3 rings (SSSR count). The average Bonchev–Trinajstić information content (AvgIpc) is 2.60. The molecule has 0 saturated carbocycles. The van der Waals surface area contributed by atoms with Crippen molar-refractivity contribution >= 4 is 5.91 Å². The summed E-state index contributed by atoms with van der Waals surface area (Å²) in [6.45, 7) is 2.15. The van der Waals surface area contributed by atoms with E-state index in [4.69, 9.17) is 5.26 Å². The molecule has 122 valence electrons. The summed E-state index contributed by atoms with van der Waals surface area (Å²) in [4.78, 5) is 21.0. The van der Waals surface area contributed by atoms with Crippen molar-refractivity contribution in [3.05, 3.63) is 64.5 Å². The Balaban J connectivity index is 1.79. The first-order chi connectivity index (χ1) is 11.6. The summed E-state index contributed by atoms with van der Waals surface area (Å²) in [7, 11) is 4.09. The van der Waals surface area contributed by atoms with Crippen molar-refractivity contribution in [2.24, 2.45) is 0 Å². The monoisotopic (exact) mass is 320 g/mol. The third kappa shape index (κ3) is 3.29. The Labute approximate surface area is 142 Å². The quantitative estimate of drug-likeness (QED) is 0.870. The van der Waals surface area contributed by atoms with Gasteiger partial charge < -0.3 is 9.80 Å². The zero-order valence-electron chi connectivity index (χ0n) is 14.0. The lowest BCUT2D eigenvalue weighted by molar-refractivity contribution is 0.0734. The van der Waals surface area contributed by atoms with Gasteiger partial charge >= 0.3 is 0 Å². The summed E-state index contributed by atoms with van der Waals surface area (Å²) < 4.78 is 0. The van der Waals surface area contributed by atoms with E-state index in [9.17, 15) is 4.79 Å². The Hall–Kier alpha value is -2.71. The van der Waals surface area contributed by atoms with Crippen LogP contribution < -0.4 is 0 Å². The lowest BCUT2D eigenvalue weighted by Gasteiger charge is -2.30. The number of nitriles is 1. The minimum Gasteiger partial charge on any atom is -0.334 e. The number of benzene rings is 1. The van der Waals surface area contributed by atoms with Crippen LogP contribution in [-0.4, -0.2) is 41.3 Å². The molecule has 1 aromatic heterocycles. The van der Waals surface area contributed by atoms with E-state index in [0.717, 1.165) is 18.5 Å². The Bertz CT molecular complexity index is 790. The van der Waals surface area contributed by atoms with Crippen molar-refractivity contribution in [2.45, 2.75) is 19.5 Å². The molecule has 0 radical (unpaired) electrons. The molecule has 0 unspecified atom stereocenters. The van der Waals surface area contributed by atoms with Crippen LogP contribution in [0.4, 0.5) is 0 Å². The van der Waals surface area contributed by atoms with Crippen LogP contribution in [0.1, 0.15) is 32.6 Å². The van der Waals surface area contributed by atoms with E-state index >= 15 is 0 Å². The molecule has 24 heavy (non-hydrogen) atoms. The molecular weight excluding hydrogens is 300 g/mol. The SMILES string of the molecule is CN(C)Cc1cncc2c1CCN(C(=O)c1ccc(C#N)cc1)C2. The fourth-order valence-electron chi connectivity index (χ4n) is 3.09. The first-order valence-electron chi connectivity index (χ1n) is 7.97. The molecule has 0 bridgehead atoms. The molecule has 0 fully saturated rings. The molecule has 0 spiro atoms. The van der Waals surface area contributed by atoms with Gasteiger partial charge in [-0.3, -0.25) is 9.78 Å². The lowest BCUT2D eigenvalue weighted by atomic mass is 9.96. The van der Waals surface area contributed by atoms with Gasteiger partial charge in [-0.2, -0.15) is 5.26 Å². The predicted molar refractivity (Wildman–Crippen MR) is 91.2 cm³/mol. The Morgan fingerprint density at radius 1 is 1.29 bits per heavy atom. The van der Waals surface area contributed by atoms with Gasteiger partial charge in [0.2, 0.25) is 0 Å². The maximum Gasteiger partial charge on any atom is 0.254 e. The number of rotatable bonds is 3. The summed E-state index contributed by atoms with van der Waals surface area (Å²) in [6.07, 6.45) is 4.65. The molecule has 1 aliphatic rings. The molecule has 5 heteroatoms. The molecule has 0 aliphatic carbocycles. The number of nitrogens with zero attached hydrogens (tertiary/aromatic N) is 4. The van der Waals surface area contributed by atoms with Crippen LogP contribution >= 0.6 is 0 Å². The maximum absolute atomic E-state index is 12.7. The van der Waals surface area contributed by atoms with Crippen molar-refractivity contribution in [1.82, 2.24) is 14.8 Å². The molecule has 2 heterocycles. The first-order valence-corrected chi connectivity index (χ1v) is 7.97. The Kier molecular flexibility index (Phi) is 4.59. The van der Waals surface area contributed by atoms with Gasteiger partial charge in [0.1, 0.15) is 0 Å². The third-order valence-electron chi connectivity index (χ3n) is 4.26. The number of pyridine rings is 1. The number of carbonyl (C=O) groups excluding carboxylic acids is 1. The van der Waals surface area contributed by atoms with Gasteiger partial charge in [-0.05, 0) is 61.5 Å². The van der Waals surface area contributed by atoms with Crippen LogP contribution in [0.5, 0.6) is 0 Å². The third-order valence-corrected chi connectivity index (χ3v) is 4.26. The highest BCUT2D eigenvalue weighted by molar-refractivity contribution is 5.94. The largest absolute Gasteiger partial charge is 0.334 e. The number of fused-ring (bicyclic) bond motifs is 1. The van der Waals surface area contributed by atoms with E-state index in [1.807, 2.05) is 31.4 Å². The van der Waals surface area contributed by atoms with Crippen LogP contribution in [0.2, 0.25) is 0 Å². The summed E-state index contributed by atoms with van der Waals surface area (Å²) in [6, 6.07) is 8.87. The minimum absolute atomic E-state index is 0.00292. The summed E-state index contributed by atoms with van der Waals surface area (Å²) >= 11 is 0. The molecule has 5 nitrogen and oxygen atoms in total. The van der Waals surface area contributed by atoms with Crippen LogP contribution in [0.3, 0.4) is 0 Å². The normalized spacial score (nSPS) is 13.5. The van der Waals surface area contributed by atoms with Gasteiger partial charge in [0.15, 0.2) is 0 Å². The van der Waals surface area contributed by atoms with E-state index in [2.05, 4.69) is 16.0 Å². The number of carbonyl (C=O) groups is 1. The van der Waals surface area contributed by atoms with Gasteiger partial charge in [-0.25, -0.2) is 0 Å². The fourth-order valence-corrected chi connectivity index (χ4v) is 3.09. The standard InChI is InChI=1S/C19H20N4O/c1-22(2)12-16-10-21-11-17-13-23(8-7-18(16)17)19(24)15-5-3-14(9-20)4-6-15/h3-6,10-11H,7-8,12-13H2,1-2H3. The number of amides is 1. The molecule has 0 N–H and O–H groups in total. The lowest BCUT2D eigenvalue weighted by Crippen LogP contribution is -2.36. The summed E-state index contributed by atoms with van der Waals surface area (Å²) in [5.74, 6) is 0.00292.